The topological polar surface area (TPSA) is 12.0 Å². The van der Waals surface area contributed by atoms with Crippen molar-refractivity contribution in [2.24, 2.45) is 0 Å². The van der Waals surface area contributed by atoms with Gasteiger partial charge in [-0.3, -0.25) is 0 Å². The molecule has 1 N–H and O–H groups in total. The third-order valence-corrected chi connectivity index (χ3v) is 4.77. The summed E-state index contributed by atoms with van der Waals surface area (Å²) in [6.45, 7) is 5.78. The molecule has 1 nitrogen and oxygen atoms in total. The van der Waals surface area contributed by atoms with E-state index in [1.807, 2.05) is 0 Å². The molecule has 21 heavy (non-hydrogen) atoms. The Labute approximate surface area is 128 Å². The fraction of sp³-hybridized carbons (Fsp3) is 0.400. The maximum atomic E-state index is 3.76. The molecule has 0 aromatic heterocycles. The van der Waals surface area contributed by atoms with Crippen molar-refractivity contribution < 1.29 is 0 Å². The first-order valence-electron chi connectivity index (χ1n) is 8.03. The van der Waals surface area contributed by atoms with Crippen LogP contribution in [0, 0.1) is 0 Å². The van der Waals surface area contributed by atoms with Crippen LogP contribution in [-0.4, -0.2) is 6.54 Å². The van der Waals surface area contributed by atoms with E-state index in [1.54, 1.807) is 0 Å². The van der Waals surface area contributed by atoms with Crippen LogP contribution in [-0.2, 0) is 11.8 Å². The van der Waals surface area contributed by atoms with Gasteiger partial charge in [0.05, 0.1) is 0 Å². The average Bonchev–Trinajstić information content (AvgIpc) is 2.51. The first-order valence-corrected chi connectivity index (χ1v) is 8.03. The van der Waals surface area contributed by atoms with E-state index in [0.29, 0.717) is 11.5 Å². The molecule has 2 aromatic carbocycles. The van der Waals surface area contributed by atoms with Gasteiger partial charge in [-0.25, -0.2) is 0 Å². The Kier molecular flexibility index (Phi) is 4.12. The second-order valence-corrected chi connectivity index (χ2v) is 6.75. The summed E-state index contributed by atoms with van der Waals surface area (Å²) in [7, 11) is 0. The van der Waals surface area contributed by atoms with Crippen LogP contribution in [0.3, 0.4) is 0 Å². The zero-order valence-corrected chi connectivity index (χ0v) is 13.1. The van der Waals surface area contributed by atoms with Crippen molar-refractivity contribution in [3.8, 4) is 0 Å². The van der Waals surface area contributed by atoms with Crippen molar-refractivity contribution in [1.82, 2.24) is 5.32 Å². The Morgan fingerprint density at radius 1 is 1.00 bits per heavy atom. The van der Waals surface area contributed by atoms with E-state index in [-0.39, 0.29) is 0 Å². The summed E-state index contributed by atoms with van der Waals surface area (Å²) in [5.41, 5.74) is 4.75. The van der Waals surface area contributed by atoms with Gasteiger partial charge in [0.1, 0.15) is 0 Å². The lowest BCUT2D eigenvalue weighted by Gasteiger charge is -2.37. The molecule has 0 radical (unpaired) electrons. The Morgan fingerprint density at radius 2 is 1.71 bits per heavy atom. The van der Waals surface area contributed by atoms with E-state index >= 15 is 0 Å². The molecule has 3 rings (SSSR count). The first-order chi connectivity index (χ1) is 10.2. The number of nitrogens with one attached hydrogen (secondary N) is 1. The van der Waals surface area contributed by atoms with E-state index < -0.39 is 0 Å². The van der Waals surface area contributed by atoms with Crippen LogP contribution in [0.25, 0.3) is 0 Å². The van der Waals surface area contributed by atoms with Gasteiger partial charge in [0.25, 0.3) is 0 Å². The molecule has 1 unspecified atom stereocenters. The summed E-state index contributed by atoms with van der Waals surface area (Å²) in [5, 5.41) is 3.76. The first kappa shape index (κ1) is 14.3. The van der Waals surface area contributed by atoms with Crippen molar-refractivity contribution in [3.63, 3.8) is 0 Å². The van der Waals surface area contributed by atoms with Gasteiger partial charge < -0.3 is 5.32 Å². The van der Waals surface area contributed by atoms with Crippen molar-refractivity contribution in [2.45, 2.75) is 44.6 Å². The number of hydrogen-bond donors (Lipinski definition) is 1. The quantitative estimate of drug-likeness (QED) is 0.860. The molecule has 1 heteroatoms. The maximum absolute atomic E-state index is 3.76. The molecule has 0 bridgehead atoms. The molecule has 110 valence electrons. The normalized spacial score (nSPS) is 20.0. The Balaban J connectivity index is 1.67. The van der Waals surface area contributed by atoms with E-state index in [2.05, 4.69) is 73.8 Å². The lowest BCUT2D eigenvalue weighted by Crippen LogP contribution is -2.33. The monoisotopic (exact) mass is 279 g/mol. The largest absolute Gasteiger partial charge is 0.310 e. The van der Waals surface area contributed by atoms with Crippen molar-refractivity contribution >= 4 is 0 Å². The van der Waals surface area contributed by atoms with Gasteiger partial charge in [0, 0.05) is 6.04 Å². The minimum absolute atomic E-state index is 0.314. The number of benzene rings is 2. The second kappa shape index (κ2) is 6.03. The van der Waals surface area contributed by atoms with Gasteiger partial charge in [0.15, 0.2) is 0 Å². The van der Waals surface area contributed by atoms with Crippen molar-refractivity contribution in [3.05, 3.63) is 71.3 Å². The van der Waals surface area contributed by atoms with Gasteiger partial charge >= 0.3 is 0 Å². The van der Waals surface area contributed by atoms with Crippen LogP contribution >= 0.6 is 0 Å². The van der Waals surface area contributed by atoms with E-state index in [9.17, 15) is 0 Å². The summed E-state index contributed by atoms with van der Waals surface area (Å²) < 4.78 is 0. The fourth-order valence-corrected chi connectivity index (χ4v) is 3.46. The maximum Gasteiger partial charge on any atom is 0.0323 e. The second-order valence-electron chi connectivity index (χ2n) is 6.75. The summed E-state index contributed by atoms with van der Waals surface area (Å²) in [4.78, 5) is 0. The minimum Gasteiger partial charge on any atom is -0.310 e. The molecular weight excluding hydrogens is 254 g/mol. The van der Waals surface area contributed by atoms with Gasteiger partial charge in [-0.15, -0.1) is 0 Å². The van der Waals surface area contributed by atoms with Gasteiger partial charge in [-0.2, -0.15) is 0 Å². The van der Waals surface area contributed by atoms with Crippen LogP contribution in [0.1, 0.15) is 49.4 Å². The predicted octanol–water partition coefficient (Wildman–Crippen LogP) is 4.63. The zero-order chi connectivity index (χ0) is 14.7. The molecule has 0 saturated heterocycles. The zero-order valence-electron chi connectivity index (χ0n) is 13.1. The van der Waals surface area contributed by atoms with Crippen LogP contribution in [0.15, 0.2) is 54.6 Å². The number of rotatable bonds is 4. The molecule has 1 aliphatic carbocycles. The Hall–Kier alpha value is -1.60. The molecule has 0 amide bonds. The Bertz CT molecular complexity index is 586. The molecular formula is C20H25N. The van der Waals surface area contributed by atoms with E-state index in [4.69, 9.17) is 0 Å². The van der Waals surface area contributed by atoms with Crippen LogP contribution < -0.4 is 5.32 Å². The van der Waals surface area contributed by atoms with Crippen LogP contribution in [0.2, 0.25) is 0 Å². The molecule has 0 heterocycles. The van der Waals surface area contributed by atoms with Gasteiger partial charge in [0.2, 0.25) is 0 Å². The highest BCUT2D eigenvalue weighted by Crippen LogP contribution is 2.41. The average molecular weight is 279 g/mol. The lowest BCUT2D eigenvalue weighted by atomic mass is 9.71. The highest BCUT2D eigenvalue weighted by Gasteiger charge is 2.31. The lowest BCUT2D eigenvalue weighted by molar-refractivity contribution is 0.359. The van der Waals surface area contributed by atoms with Crippen molar-refractivity contribution in [2.75, 3.05) is 6.54 Å². The fourth-order valence-electron chi connectivity index (χ4n) is 3.46. The highest BCUT2D eigenvalue weighted by atomic mass is 14.9. The summed E-state index contributed by atoms with van der Waals surface area (Å²) in [6.07, 6.45) is 3.59. The van der Waals surface area contributed by atoms with Gasteiger partial charge in [-0.1, -0.05) is 68.4 Å². The number of hydrogen-bond acceptors (Lipinski definition) is 1. The van der Waals surface area contributed by atoms with Crippen LogP contribution in [0.5, 0.6) is 0 Å². The summed E-state index contributed by atoms with van der Waals surface area (Å²) in [6, 6.07) is 20.2. The SMILES string of the molecule is CC1(C)CCC(NCCc2ccccc2)c2ccccc21. The van der Waals surface area contributed by atoms with E-state index in [1.165, 1.54) is 29.5 Å². The molecule has 0 fully saturated rings. The third-order valence-electron chi connectivity index (χ3n) is 4.77. The third kappa shape index (κ3) is 3.19. The predicted molar refractivity (Wildman–Crippen MR) is 89.6 cm³/mol. The van der Waals surface area contributed by atoms with Crippen molar-refractivity contribution in [1.29, 1.82) is 0 Å². The van der Waals surface area contributed by atoms with Gasteiger partial charge in [-0.05, 0) is 47.9 Å². The molecule has 0 aliphatic heterocycles. The molecule has 1 aliphatic rings. The summed E-state index contributed by atoms with van der Waals surface area (Å²) in [5.74, 6) is 0. The molecule has 0 spiro atoms. The number of fused-ring (bicyclic) bond motifs is 1. The smallest absolute Gasteiger partial charge is 0.0323 e. The minimum atomic E-state index is 0.314. The van der Waals surface area contributed by atoms with E-state index in [0.717, 1.165) is 13.0 Å². The Morgan fingerprint density at radius 3 is 2.52 bits per heavy atom. The molecule has 2 aromatic rings. The molecule has 1 atom stereocenters. The summed E-state index contributed by atoms with van der Waals surface area (Å²) >= 11 is 0. The highest BCUT2D eigenvalue weighted by molar-refractivity contribution is 5.38. The molecule has 0 saturated carbocycles. The standard InChI is InChI=1S/C20H25N/c1-20(2)14-12-19(17-10-6-7-11-18(17)20)21-15-13-16-8-4-3-5-9-16/h3-11,19,21H,12-15H2,1-2H3. The van der Waals surface area contributed by atoms with Crippen LogP contribution in [0.4, 0.5) is 0 Å².